The Kier molecular flexibility index (Phi) is 4.52. The Morgan fingerprint density at radius 1 is 1.24 bits per heavy atom. The molecule has 0 aliphatic carbocycles. The van der Waals surface area contributed by atoms with E-state index in [0.717, 1.165) is 17.3 Å². The number of pyridine rings is 1. The van der Waals surface area contributed by atoms with Crippen molar-refractivity contribution in [1.82, 2.24) is 10.3 Å². The quantitative estimate of drug-likeness (QED) is 0.879. The van der Waals surface area contributed by atoms with Crippen LogP contribution in [-0.4, -0.2) is 22.8 Å². The molecule has 0 radical (unpaired) electrons. The highest BCUT2D eigenvalue weighted by atomic mass is 16.2. The van der Waals surface area contributed by atoms with Gasteiger partial charge in [0.25, 0.3) is 5.91 Å². The van der Waals surface area contributed by atoms with Gasteiger partial charge in [-0.1, -0.05) is 44.5 Å². The van der Waals surface area contributed by atoms with Crippen molar-refractivity contribution >= 4 is 22.7 Å². The van der Waals surface area contributed by atoms with Gasteiger partial charge in [-0.05, 0) is 18.1 Å². The van der Waals surface area contributed by atoms with Crippen LogP contribution in [0.1, 0.15) is 30.8 Å². The van der Waals surface area contributed by atoms with Gasteiger partial charge in [-0.15, -0.1) is 0 Å². The van der Waals surface area contributed by atoms with E-state index in [0.29, 0.717) is 0 Å². The highest BCUT2D eigenvalue weighted by molar-refractivity contribution is 5.97. The average molecular weight is 285 g/mol. The number of amides is 2. The SMILES string of the molecule is CC[C@@H](C)[C@@H](NC(=O)c1ccc2ccccc2n1)C(N)=O. The van der Waals surface area contributed by atoms with E-state index in [1.165, 1.54) is 0 Å². The fourth-order valence-corrected chi connectivity index (χ4v) is 2.14. The Morgan fingerprint density at radius 3 is 2.62 bits per heavy atom. The first-order chi connectivity index (χ1) is 10.0. The van der Waals surface area contributed by atoms with Crippen LogP contribution in [0.5, 0.6) is 0 Å². The Balaban J connectivity index is 2.23. The fraction of sp³-hybridized carbons (Fsp3) is 0.312. The van der Waals surface area contributed by atoms with Gasteiger partial charge in [-0.3, -0.25) is 9.59 Å². The summed E-state index contributed by atoms with van der Waals surface area (Å²) in [4.78, 5) is 28.0. The second kappa shape index (κ2) is 6.35. The lowest BCUT2D eigenvalue weighted by Crippen LogP contribution is -2.48. The lowest BCUT2D eigenvalue weighted by Gasteiger charge is -2.20. The van der Waals surface area contributed by atoms with Crippen LogP contribution >= 0.6 is 0 Å². The summed E-state index contributed by atoms with van der Waals surface area (Å²) >= 11 is 0. The van der Waals surface area contributed by atoms with Crippen LogP contribution in [0.4, 0.5) is 0 Å². The van der Waals surface area contributed by atoms with Gasteiger partial charge in [0, 0.05) is 5.39 Å². The molecule has 110 valence electrons. The third kappa shape index (κ3) is 3.37. The maximum absolute atomic E-state index is 12.2. The Hall–Kier alpha value is -2.43. The van der Waals surface area contributed by atoms with E-state index in [2.05, 4.69) is 10.3 Å². The van der Waals surface area contributed by atoms with Crippen LogP contribution in [0.15, 0.2) is 36.4 Å². The lowest BCUT2D eigenvalue weighted by molar-refractivity contribution is -0.120. The number of para-hydroxylation sites is 1. The molecule has 5 nitrogen and oxygen atoms in total. The molecule has 3 N–H and O–H groups in total. The molecule has 0 saturated carbocycles. The van der Waals surface area contributed by atoms with E-state index in [4.69, 9.17) is 5.73 Å². The maximum Gasteiger partial charge on any atom is 0.270 e. The molecule has 0 unspecified atom stereocenters. The maximum atomic E-state index is 12.2. The Bertz CT molecular complexity index is 669. The first kappa shape index (κ1) is 15.0. The molecule has 0 saturated heterocycles. The topological polar surface area (TPSA) is 85.1 Å². The molecule has 2 aromatic rings. The van der Waals surface area contributed by atoms with Crippen LogP contribution in [0.25, 0.3) is 10.9 Å². The lowest BCUT2D eigenvalue weighted by atomic mass is 9.98. The normalized spacial score (nSPS) is 13.6. The van der Waals surface area contributed by atoms with Crippen LogP contribution < -0.4 is 11.1 Å². The molecule has 1 heterocycles. The summed E-state index contributed by atoms with van der Waals surface area (Å²) in [5, 5.41) is 3.63. The molecular weight excluding hydrogens is 266 g/mol. The zero-order valence-electron chi connectivity index (χ0n) is 12.2. The smallest absolute Gasteiger partial charge is 0.270 e. The number of fused-ring (bicyclic) bond motifs is 1. The summed E-state index contributed by atoms with van der Waals surface area (Å²) in [7, 11) is 0. The highest BCUT2D eigenvalue weighted by Crippen LogP contribution is 2.13. The number of nitrogens with one attached hydrogen (secondary N) is 1. The number of hydrogen-bond donors (Lipinski definition) is 2. The van der Waals surface area contributed by atoms with Crippen molar-refractivity contribution in [3.63, 3.8) is 0 Å². The Morgan fingerprint density at radius 2 is 1.95 bits per heavy atom. The fourth-order valence-electron chi connectivity index (χ4n) is 2.14. The van der Waals surface area contributed by atoms with E-state index < -0.39 is 11.9 Å². The van der Waals surface area contributed by atoms with Gasteiger partial charge in [0.2, 0.25) is 5.91 Å². The van der Waals surface area contributed by atoms with Crippen molar-refractivity contribution < 1.29 is 9.59 Å². The van der Waals surface area contributed by atoms with Crippen molar-refractivity contribution in [2.75, 3.05) is 0 Å². The van der Waals surface area contributed by atoms with Crippen LogP contribution in [0.3, 0.4) is 0 Å². The molecule has 1 aromatic heterocycles. The van der Waals surface area contributed by atoms with Crippen molar-refractivity contribution in [2.24, 2.45) is 11.7 Å². The molecule has 0 aliphatic rings. The minimum atomic E-state index is -0.684. The van der Waals surface area contributed by atoms with Gasteiger partial charge in [0.15, 0.2) is 0 Å². The van der Waals surface area contributed by atoms with E-state index in [1.54, 1.807) is 6.07 Å². The van der Waals surface area contributed by atoms with E-state index in [1.807, 2.05) is 44.2 Å². The van der Waals surface area contributed by atoms with Gasteiger partial charge >= 0.3 is 0 Å². The molecule has 1 aromatic carbocycles. The van der Waals surface area contributed by atoms with Crippen LogP contribution in [-0.2, 0) is 4.79 Å². The van der Waals surface area contributed by atoms with E-state index in [-0.39, 0.29) is 17.5 Å². The third-order valence-corrected chi connectivity index (χ3v) is 3.64. The molecule has 0 fully saturated rings. The molecule has 0 bridgehead atoms. The zero-order valence-corrected chi connectivity index (χ0v) is 12.2. The summed E-state index contributed by atoms with van der Waals surface area (Å²) in [5.74, 6) is -0.935. The number of hydrogen-bond acceptors (Lipinski definition) is 3. The first-order valence-electron chi connectivity index (χ1n) is 6.99. The van der Waals surface area contributed by atoms with Crippen LogP contribution in [0.2, 0.25) is 0 Å². The number of nitrogens with zero attached hydrogens (tertiary/aromatic N) is 1. The molecule has 0 aliphatic heterocycles. The molecule has 2 atom stereocenters. The number of carbonyl (C=O) groups excluding carboxylic acids is 2. The monoisotopic (exact) mass is 285 g/mol. The minimum Gasteiger partial charge on any atom is -0.368 e. The van der Waals surface area contributed by atoms with Gasteiger partial charge in [0.05, 0.1) is 5.52 Å². The van der Waals surface area contributed by atoms with Gasteiger partial charge in [-0.2, -0.15) is 0 Å². The summed E-state index contributed by atoms with van der Waals surface area (Å²) in [6.07, 6.45) is 0.749. The van der Waals surface area contributed by atoms with Crippen molar-refractivity contribution in [3.8, 4) is 0 Å². The number of carbonyl (C=O) groups is 2. The summed E-state index contributed by atoms with van der Waals surface area (Å²) in [6, 6.07) is 10.3. The second-order valence-electron chi connectivity index (χ2n) is 5.13. The number of nitrogens with two attached hydrogens (primary N) is 1. The highest BCUT2D eigenvalue weighted by Gasteiger charge is 2.24. The average Bonchev–Trinajstić information content (AvgIpc) is 2.50. The molecular formula is C16H19N3O2. The third-order valence-electron chi connectivity index (χ3n) is 3.64. The number of primary amides is 1. The minimum absolute atomic E-state index is 0.0214. The second-order valence-corrected chi connectivity index (χ2v) is 5.13. The molecule has 5 heteroatoms. The van der Waals surface area contributed by atoms with Crippen molar-refractivity contribution in [1.29, 1.82) is 0 Å². The summed E-state index contributed by atoms with van der Waals surface area (Å²) < 4.78 is 0. The standard InChI is InChI=1S/C16H19N3O2/c1-3-10(2)14(15(17)20)19-16(21)13-9-8-11-6-4-5-7-12(11)18-13/h4-10,14H,3H2,1-2H3,(H2,17,20)(H,19,21)/t10-,14-/m1/s1. The molecule has 2 amide bonds. The predicted molar refractivity (Wildman–Crippen MR) is 81.6 cm³/mol. The molecule has 0 spiro atoms. The van der Waals surface area contributed by atoms with Crippen LogP contribution in [0, 0.1) is 5.92 Å². The summed E-state index contributed by atoms with van der Waals surface area (Å²) in [5.41, 5.74) is 6.38. The van der Waals surface area contributed by atoms with Gasteiger partial charge in [-0.25, -0.2) is 4.98 Å². The van der Waals surface area contributed by atoms with E-state index in [9.17, 15) is 9.59 Å². The van der Waals surface area contributed by atoms with Gasteiger partial charge < -0.3 is 11.1 Å². The summed E-state index contributed by atoms with van der Waals surface area (Å²) in [6.45, 7) is 3.82. The largest absolute Gasteiger partial charge is 0.368 e. The zero-order chi connectivity index (χ0) is 15.4. The van der Waals surface area contributed by atoms with Gasteiger partial charge in [0.1, 0.15) is 11.7 Å². The number of aromatic nitrogens is 1. The van der Waals surface area contributed by atoms with E-state index >= 15 is 0 Å². The number of benzene rings is 1. The first-order valence-corrected chi connectivity index (χ1v) is 6.99. The van der Waals surface area contributed by atoms with Crippen molar-refractivity contribution in [2.45, 2.75) is 26.3 Å². The predicted octanol–water partition coefficient (Wildman–Crippen LogP) is 1.86. The molecule has 21 heavy (non-hydrogen) atoms. The Labute approximate surface area is 123 Å². The molecule has 2 rings (SSSR count). The number of rotatable bonds is 5. The van der Waals surface area contributed by atoms with Crippen molar-refractivity contribution in [3.05, 3.63) is 42.1 Å².